The fourth-order valence-electron chi connectivity index (χ4n) is 3.99. The number of nitrogens with zero attached hydrogens (tertiary/aromatic N) is 7. The fraction of sp³-hybridized carbons (Fsp3) is 0.700. The van der Waals surface area contributed by atoms with Gasteiger partial charge in [0.05, 0.1) is 19.8 Å². The standard InChI is InChI=1S/C20H31N7O/c1-15(2)17-11-21-20(22-12-17)27-6-4-5-16(13-27)19-24-23-18(25(19)3)14-26-7-9-28-10-8-26/h11-12,15-16H,4-10,13-14H2,1-3H3. The van der Waals surface area contributed by atoms with E-state index in [-0.39, 0.29) is 0 Å². The van der Waals surface area contributed by atoms with Gasteiger partial charge in [0.2, 0.25) is 5.95 Å². The van der Waals surface area contributed by atoms with Crippen LogP contribution in [0, 0.1) is 0 Å². The molecule has 0 radical (unpaired) electrons. The lowest BCUT2D eigenvalue weighted by Gasteiger charge is -2.32. The normalized spacial score (nSPS) is 21.4. The van der Waals surface area contributed by atoms with Gasteiger partial charge in [-0.1, -0.05) is 13.8 Å². The van der Waals surface area contributed by atoms with Crippen LogP contribution in [-0.2, 0) is 18.3 Å². The number of piperidine rings is 1. The molecule has 0 amide bonds. The molecule has 0 aliphatic carbocycles. The minimum absolute atomic E-state index is 0.359. The van der Waals surface area contributed by atoms with Crippen LogP contribution < -0.4 is 4.90 Å². The zero-order valence-electron chi connectivity index (χ0n) is 17.2. The quantitative estimate of drug-likeness (QED) is 0.779. The highest BCUT2D eigenvalue weighted by molar-refractivity contribution is 5.32. The third-order valence-electron chi connectivity index (χ3n) is 5.86. The Hall–Kier alpha value is -2.06. The van der Waals surface area contributed by atoms with Gasteiger partial charge < -0.3 is 14.2 Å². The van der Waals surface area contributed by atoms with Crippen molar-refractivity contribution in [2.45, 2.75) is 45.1 Å². The molecule has 2 aromatic heterocycles. The van der Waals surface area contributed by atoms with E-state index in [9.17, 15) is 0 Å². The van der Waals surface area contributed by atoms with Crippen molar-refractivity contribution in [1.82, 2.24) is 29.6 Å². The average molecular weight is 386 g/mol. The number of aromatic nitrogens is 5. The van der Waals surface area contributed by atoms with Crippen molar-refractivity contribution in [3.63, 3.8) is 0 Å². The van der Waals surface area contributed by atoms with E-state index >= 15 is 0 Å². The molecular weight excluding hydrogens is 354 g/mol. The molecule has 28 heavy (non-hydrogen) atoms. The largest absolute Gasteiger partial charge is 0.379 e. The number of morpholine rings is 1. The first-order valence-corrected chi connectivity index (χ1v) is 10.4. The first-order valence-electron chi connectivity index (χ1n) is 10.4. The molecule has 2 aliphatic rings. The van der Waals surface area contributed by atoms with Crippen molar-refractivity contribution in [2.75, 3.05) is 44.3 Å². The van der Waals surface area contributed by atoms with Gasteiger partial charge in [0, 0.05) is 51.5 Å². The highest BCUT2D eigenvalue weighted by Crippen LogP contribution is 2.28. The first kappa shape index (κ1) is 19.3. The van der Waals surface area contributed by atoms with E-state index in [1.54, 1.807) is 0 Å². The van der Waals surface area contributed by atoms with Crippen molar-refractivity contribution in [1.29, 1.82) is 0 Å². The number of ether oxygens (including phenoxy) is 1. The lowest BCUT2D eigenvalue weighted by atomic mass is 9.97. The van der Waals surface area contributed by atoms with Gasteiger partial charge in [-0.15, -0.1) is 10.2 Å². The summed E-state index contributed by atoms with van der Waals surface area (Å²) in [6.45, 7) is 10.6. The molecule has 0 N–H and O–H groups in total. The molecule has 2 aromatic rings. The average Bonchev–Trinajstić information content (AvgIpc) is 3.09. The van der Waals surface area contributed by atoms with Gasteiger partial charge in [0.15, 0.2) is 0 Å². The third kappa shape index (κ3) is 4.17. The Bertz CT molecular complexity index is 767. The van der Waals surface area contributed by atoms with E-state index in [1.165, 1.54) is 5.56 Å². The van der Waals surface area contributed by atoms with Crippen LogP contribution in [0.25, 0.3) is 0 Å². The predicted molar refractivity (Wildman–Crippen MR) is 107 cm³/mol. The van der Waals surface area contributed by atoms with Gasteiger partial charge in [-0.05, 0) is 24.3 Å². The molecule has 1 atom stereocenters. The second kappa shape index (κ2) is 8.53. The molecule has 0 bridgehead atoms. The Kier molecular flexibility index (Phi) is 5.87. The van der Waals surface area contributed by atoms with Crippen molar-refractivity contribution in [3.8, 4) is 0 Å². The monoisotopic (exact) mass is 385 g/mol. The summed E-state index contributed by atoms with van der Waals surface area (Å²) in [5.74, 6) is 3.74. The van der Waals surface area contributed by atoms with Gasteiger partial charge >= 0.3 is 0 Å². The van der Waals surface area contributed by atoms with Crippen LogP contribution in [-0.4, -0.2) is 69.0 Å². The van der Waals surface area contributed by atoms with Crippen LogP contribution >= 0.6 is 0 Å². The van der Waals surface area contributed by atoms with E-state index in [1.807, 2.05) is 12.4 Å². The van der Waals surface area contributed by atoms with Crippen molar-refractivity contribution in [2.24, 2.45) is 7.05 Å². The summed E-state index contributed by atoms with van der Waals surface area (Å²) < 4.78 is 7.63. The van der Waals surface area contributed by atoms with Crippen LogP contribution in [0.3, 0.4) is 0 Å². The summed E-state index contributed by atoms with van der Waals surface area (Å²) in [6.07, 6.45) is 6.16. The summed E-state index contributed by atoms with van der Waals surface area (Å²) >= 11 is 0. The van der Waals surface area contributed by atoms with Crippen LogP contribution in [0.5, 0.6) is 0 Å². The van der Waals surface area contributed by atoms with E-state index in [0.29, 0.717) is 11.8 Å². The van der Waals surface area contributed by atoms with Crippen molar-refractivity contribution in [3.05, 3.63) is 29.6 Å². The van der Waals surface area contributed by atoms with E-state index < -0.39 is 0 Å². The Morgan fingerprint density at radius 2 is 1.86 bits per heavy atom. The van der Waals surface area contributed by atoms with Gasteiger partial charge in [0.25, 0.3) is 0 Å². The minimum atomic E-state index is 0.359. The maximum absolute atomic E-state index is 5.44. The zero-order valence-corrected chi connectivity index (χ0v) is 17.2. The maximum Gasteiger partial charge on any atom is 0.225 e. The lowest BCUT2D eigenvalue weighted by molar-refractivity contribution is 0.0326. The van der Waals surface area contributed by atoms with Crippen LogP contribution in [0.4, 0.5) is 5.95 Å². The van der Waals surface area contributed by atoms with Crippen LogP contribution in [0.1, 0.15) is 55.7 Å². The number of hydrogen-bond acceptors (Lipinski definition) is 7. The molecule has 0 spiro atoms. The molecule has 0 saturated carbocycles. The molecule has 2 aliphatic heterocycles. The van der Waals surface area contributed by atoms with Crippen LogP contribution in [0.2, 0.25) is 0 Å². The smallest absolute Gasteiger partial charge is 0.225 e. The lowest BCUT2D eigenvalue weighted by Crippen LogP contribution is -2.37. The van der Waals surface area contributed by atoms with Gasteiger partial charge in [-0.2, -0.15) is 0 Å². The summed E-state index contributed by atoms with van der Waals surface area (Å²) in [4.78, 5) is 13.9. The van der Waals surface area contributed by atoms with E-state index in [4.69, 9.17) is 4.74 Å². The summed E-state index contributed by atoms with van der Waals surface area (Å²) in [7, 11) is 2.10. The second-order valence-electron chi connectivity index (χ2n) is 8.18. The molecule has 4 rings (SSSR count). The molecule has 152 valence electrons. The molecule has 0 aromatic carbocycles. The molecule has 8 nitrogen and oxygen atoms in total. The molecular formula is C20H31N7O. The molecule has 2 saturated heterocycles. The van der Waals surface area contributed by atoms with Crippen molar-refractivity contribution >= 4 is 5.95 Å². The topological polar surface area (TPSA) is 72.2 Å². The van der Waals surface area contributed by atoms with Gasteiger partial charge in [-0.25, -0.2) is 9.97 Å². The van der Waals surface area contributed by atoms with Crippen LogP contribution in [0.15, 0.2) is 12.4 Å². The SMILES string of the molecule is CC(C)c1cnc(N2CCCC(c3nnc(CN4CCOCC4)n3C)C2)nc1. The van der Waals surface area contributed by atoms with Crippen molar-refractivity contribution < 1.29 is 4.74 Å². The van der Waals surface area contributed by atoms with Gasteiger partial charge in [0.1, 0.15) is 11.6 Å². The highest BCUT2D eigenvalue weighted by Gasteiger charge is 2.27. The summed E-state index contributed by atoms with van der Waals surface area (Å²) in [6, 6.07) is 0. The molecule has 1 unspecified atom stereocenters. The molecule has 2 fully saturated rings. The Labute approximate surface area is 166 Å². The Morgan fingerprint density at radius 3 is 2.57 bits per heavy atom. The summed E-state index contributed by atoms with van der Waals surface area (Å²) in [5.41, 5.74) is 1.18. The third-order valence-corrected chi connectivity index (χ3v) is 5.86. The molecule has 4 heterocycles. The Morgan fingerprint density at radius 1 is 1.11 bits per heavy atom. The summed E-state index contributed by atoms with van der Waals surface area (Å²) in [5, 5.41) is 9.05. The predicted octanol–water partition coefficient (Wildman–Crippen LogP) is 1.94. The van der Waals surface area contributed by atoms with E-state index in [2.05, 4.69) is 55.4 Å². The maximum atomic E-state index is 5.44. The fourth-order valence-corrected chi connectivity index (χ4v) is 3.99. The second-order valence-corrected chi connectivity index (χ2v) is 8.18. The van der Waals surface area contributed by atoms with Gasteiger partial charge in [-0.3, -0.25) is 4.90 Å². The number of rotatable bonds is 5. The first-order chi connectivity index (χ1) is 13.6. The van der Waals surface area contributed by atoms with E-state index in [0.717, 1.165) is 76.4 Å². The number of hydrogen-bond donors (Lipinski definition) is 0. The highest BCUT2D eigenvalue weighted by atomic mass is 16.5. The Balaban J connectivity index is 1.44. The number of anilines is 1. The zero-order chi connectivity index (χ0) is 19.5. The minimum Gasteiger partial charge on any atom is -0.379 e. The molecule has 8 heteroatoms.